The maximum atomic E-state index is 4.62. The molecule has 116 valence electrons. The molecule has 0 amide bonds. The molecule has 0 aliphatic carbocycles. The second kappa shape index (κ2) is 11.4. The molecule has 0 aliphatic rings. The van der Waals surface area contributed by atoms with E-state index in [9.17, 15) is 0 Å². The summed E-state index contributed by atoms with van der Waals surface area (Å²) in [4.78, 5) is 4.62. The molecule has 1 atom stereocenters. The van der Waals surface area contributed by atoms with Gasteiger partial charge in [0.05, 0.1) is 6.54 Å². The van der Waals surface area contributed by atoms with Gasteiger partial charge in [-0.05, 0) is 55.0 Å². The van der Waals surface area contributed by atoms with Gasteiger partial charge in [0.25, 0.3) is 0 Å². The Morgan fingerprint density at radius 1 is 1.30 bits per heavy atom. The van der Waals surface area contributed by atoms with E-state index in [1.807, 2.05) is 0 Å². The molecular formula is C15H28IN3S. The van der Waals surface area contributed by atoms with Crippen LogP contribution in [0.15, 0.2) is 21.8 Å². The van der Waals surface area contributed by atoms with Crippen molar-refractivity contribution in [1.82, 2.24) is 10.6 Å². The third-order valence-electron chi connectivity index (χ3n) is 2.90. The van der Waals surface area contributed by atoms with Gasteiger partial charge >= 0.3 is 0 Å². The molecule has 1 aromatic heterocycles. The smallest absolute Gasteiger partial charge is 0.191 e. The van der Waals surface area contributed by atoms with Crippen LogP contribution in [0.3, 0.4) is 0 Å². The number of hydrogen-bond acceptors (Lipinski definition) is 2. The molecule has 0 saturated heterocycles. The van der Waals surface area contributed by atoms with Gasteiger partial charge in [-0.15, -0.1) is 24.0 Å². The van der Waals surface area contributed by atoms with E-state index in [2.05, 4.69) is 60.1 Å². The highest BCUT2D eigenvalue weighted by Crippen LogP contribution is 2.08. The van der Waals surface area contributed by atoms with Gasteiger partial charge in [0.15, 0.2) is 5.96 Å². The third-order valence-corrected chi connectivity index (χ3v) is 3.64. The average molecular weight is 409 g/mol. The van der Waals surface area contributed by atoms with Crippen LogP contribution >= 0.6 is 35.3 Å². The van der Waals surface area contributed by atoms with E-state index >= 15 is 0 Å². The minimum Gasteiger partial charge on any atom is -0.357 e. The van der Waals surface area contributed by atoms with Crippen molar-refractivity contribution in [2.24, 2.45) is 10.9 Å². The SMILES string of the molecule is CCNC(=NCc1ccsc1)NC(C)CCC(C)C.I. The van der Waals surface area contributed by atoms with Gasteiger partial charge in [-0.3, -0.25) is 0 Å². The van der Waals surface area contributed by atoms with E-state index in [1.54, 1.807) is 11.3 Å². The van der Waals surface area contributed by atoms with Crippen molar-refractivity contribution in [3.8, 4) is 0 Å². The molecule has 0 radical (unpaired) electrons. The molecule has 1 aromatic rings. The largest absolute Gasteiger partial charge is 0.357 e. The molecule has 1 heterocycles. The Bertz CT molecular complexity index is 363. The van der Waals surface area contributed by atoms with Crippen LogP contribution in [0, 0.1) is 5.92 Å². The quantitative estimate of drug-likeness (QED) is 0.401. The number of aliphatic imine (C=N–C) groups is 1. The summed E-state index contributed by atoms with van der Waals surface area (Å²) in [6, 6.07) is 2.59. The summed E-state index contributed by atoms with van der Waals surface area (Å²) >= 11 is 1.72. The highest BCUT2D eigenvalue weighted by atomic mass is 127. The first-order chi connectivity index (χ1) is 9.11. The standard InChI is InChI=1S/C15H27N3S.HI/c1-5-16-15(17-10-14-8-9-19-11-14)18-13(4)7-6-12(2)3;/h8-9,11-13H,5-7,10H2,1-4H3,(H2,16,17,18);1H. The third kappa shape index (κ3) is 8.79. The van der Waals surface area contributed by atoms with Gasteiger partial charge in [-0.25, -0.2) is 4.99 Å². The van der Waals surface area contributed by atoms with Crippen LogP contribution < -0.4 is 10.6 Å². The highest BCUT2D eigenvalue weighted by molar-refractivity contribution is 14.0. The zero-order valence-corrected chi connectivity index (χ0v) is 16.1. The lowest BCUT2D eigenvalue weighted by atomic mass is 10.0. The second-order valence-electron chi connectivity index (χ2n) is 5.34. The normalized spacial score (nSPS) is 12.9. The van der Waals surface area contributed by atoms with Crippen molar-refractivity contribution < 1.29 is 0 Å². The van der Waals surface area contributed by atoms with Crippen molar-refractivity contribution in [1.29, 1.82) is 0 Å². The fourth-order valence-corrected chi connectivity index (χ4v) is 2.42. The zero-order valence-electron chi connectivity index (χ0n) is 13.0. The Hall–Kier alpha value is -0.300. The predicted octanol–water partition coefficient (Wildman–Crippen LogP) is 4.25. The number of nitrogens with zero attached hydrogens (tertiary/aromatic N) is 1. The van der Waals surface area contributed by atoms with Gasteiger partial charge in [-0.2, -0.15) is 11.3 Å². The minimum atomic E-state index is 0. The molecule has 0 aliphatic heterocycles. The van der Waals surface area contributed by atoms with Gasteiger partial charge in [0.1, 0.15) is 0 Å². The number of rotatable bonds is 7. The number of thiophene rings is 1. The van der Waals surface area contributed by atoms with E-state index in [4.69, 9.17) is 0 Å². The van der Waals surface area contributed by atoms with Crippen LogP contribution in [0.4, 0.5) is 0 Å². The van der Waals surface area contributed by atoms with Crippen molar-refractivity contribution in [3.05, 3.63) is 22.4 Å². The monoisotopic (exact) mass is 409 g/mol. The van der Waals surface area contributed by atoms with Crippen molar-refractivity contribution in [3.63, 3.8) is 0 Å². The lowest BCUT2D eigenvalue weighted by molar-refractivity contribution is 0.489. The maximum Gasteiger partial charge on any atom is 0.191 e. The molecule has 1 unspecified atom stereocenters. The summed E-state index contributed by atoms with van der Waals surface area (Å²) in [5, 5.41) is 11.0. The van der Waals surface area contributed by atoms with Crippen LogP contribution in [0.2, 0.25) is 0 Å². The number of halogens is 1. The van der Waals surface area contributed by atoms with E-state index in [1.165, 1.54) is 18.4 Å². The van der Waals surface area contributed by atoms with Gasteiger partial charge in [-0.1, -0.05) is 13.8 Å². The van der Waals surface area contributed by atoms with Crippen LogP contribution in [0.5, 0.6) is 0 Å². The molecule has 5 heteroatoms. The summed E-state index contributed by atoms with van der Waals surface area (Å²) in [5.74, 6) is 1.68. The van der Waals surface area contributed by atoms with Crippen LogP contribution in [0.25, 0.3) is 0 Å². The van der Waals surface area contributed by atoms with E-state index in [-0.39, 0.29) is 24.0 Å². The van der Waals surface area contributed by atoms with Crippen LogP contribution in [-0.4, -0.2) is 18.5 Å². The first-order valence-electron chi connectivity index (χ1n) is 7.17. The Labute approximate surface area is 144 Å². The fraction of sp³-hybridized carbons (Fsp3) is 0.667. The Balaban J connectivity index is 0.00000361. The number of nitrogens with one attached hydrogen (secondary N) is 2. The molecule has 2 N–H and O–H groups in total. The molecule has 1 rings (SSSR count). The molecule has 20 heavy (non-hydrogen) atoms. The Kier molecular flexibility index (Phi) is 11.2. The van der Waals surface area contributed by atoms with E-state index in [0.717, 1.165) is 25.0 Å². The average Bonchev–Trinajstić information content (AvgIpc) is 2.87. The summed E-state index contributed by atoms with van der Waals surface area (Å²) in [7, 11) is 0. The summed E-state index contributed by atoms with van der Waals surface area (Å²) < 4.78 is 0. The molecule has 0 aromatic carbocycles. The highest BCUT2D eigenvalue weighted by Gasteiger charge is 2.06. The van der Waals surface area contributed by atoms with Crippen LogP contribution in [0.1, 0.15) is 46.1 Å². The topological polar surface area (TPSA) is 36.4 Å². The minimum absolute atomic E-state index is 0. The van der Waals surface area contributed by atoms with Gasteiger partial charge in [0.2, 0.25) is 0 Å². The lowest BCUT2D eigenvalue weighted by Crippen LogP contribution is -2.42. The number of hydrogen-bond donors (Lipinski definition) is 2. The molecule has 0 fully saturated rings. The second-order valence-corrected chi connectivity index (χ2v) is 6.12. The Morgan fingerprint density at radius 2 is 2.05 bits per heavy atom. The summed E-state index contributed by atoms with van der Waals surface area (Å²) in [6.45, 7) is 10.5. The molecule has 0 bridgehead atoms. The summed E-state index contributed by atoms with van der Waals surface area (Å²) in [5.41, 5.74) is 1.28. The first kappa shape index (κ1) is 19.7. The molecule has 3 nitrogen and oxygen atoms in total. The number of guanidine groups is 1. The molecule has 0 spiro atoms. The van der Waals surface area contributed by atoms with Gasteiger partial charge in [0, 0.05) is 12.6 Å². The lowest BCUT2D eigenvalue weighted by Gasteiger charge is -2.18. The first-order valence-corrected chi connectivity index (χ1v) is 8.12. The predicted molar refractivity (Wildman–Crippen MR) is 101 cm³/mol. The van der Waals surface area contributed by atoms with Crippen LogP contribution in [-0.2, 0) is 6.54 Å². The van der Waals surface area contributed by atoms with Crippen molar-refractivity contribution >= 4 is 41.3 Å². The van der Waals surface area contributed by atoms with Gasteiger partial charge < -0.3 is 10.6 Å². The van der Waals surface area contributed by atoms with E-state index in [0.29, 0.717) is 6.04 Å². The van der Waals surface area contributed by atoms with E-state index < -0.39 is 0 Å². The fourth-order valence-electron chi connectivity index (χ4n) is 1.76. The molecule has 0 saturated carbocycles. The maximum absolute atomic E-state index is 4.62. The Morgan fingerprint density at radius 3 is 2.60 bits per heavy atom. The zero-order chi connectivity index (χ0) is 14.1. The van der Waals surface area contributed by atoms with Crippen molar-refractivity contribution in [2.45, 2.75) is 53.1 Å². The summed E-state index contributed by atoms with van der Waals surface area (Å²) in [6.07, 6.45) is 2.43. The molecular weight excluding hydrogens is 381 g/mol. The van der Waals surface area contributed by atoms with Crippen molar-refractivity contribution in [2.75, 3.05) is 6.54 Å².